The number of aromatic nitrogens is 2. The van der Waals surface area contributed by atoms with Crippen LogP contribution in [0.1, 0.15) is 17.0 Å². The van der Waals surface area contributed by atoms with E-state index in [4.69, 9.17) is 11.6 Å². The Bertz CT molecular complexity index is 925. The fraction of sp³-hybridized carbons (Fsp3) is 0.238. The van der Waals surface area contributed by atoms with Crippen molar-refractivity contribution >= 4 is 28.9 Å². The molecule has 1 aliphatic rings. The van der Waals surface area contributed by atoms with Gasteiger partial charge in [0.25, 0.3) is 0 Å². The van der Waals surface area contributed by atoms with Gasteiger partial charge in [0.2, 0.25) is 0 Å². The van der Waals surface area contributed by atoms with Gasteiger partial charge in [0.05, 0.1) is 0 Å². The summed E-state index contributed by atoms with van der Waals surface area (Å²) >= 11 is 6.05. The van der Waals surface area contributed by atoms with Crippen LogP contribution in [0.5, 0.6) is 0 Å². The highest BCUT2D eigenvalue weighted by Crippen LogP contribution is 2.33. The van der Waals surface area contributed by atoms with Crippen molar-refractivity contribution in [2.75, 3.05) is 23.3 Å². The van der Waals surface area contributed by atoms with Gasteiger partial charge in [-0.25, -0.2) is 9.97 Å². The van der Waals surface area contributed by atoms with Gasteiger partial charge in [0, 0.05) is 29.9 Å². The highest BCUT2D eigenvalue weighted by molar-refractivity contribution is 6.30. The molecular formula is C21H21ClN4. The number of nitrogens with one attached hydrogen (secondary N) is 1. The van der Waals surface area contributed by atoms with Crippen LogP contribution in [-0.2, 0) is 12.8 Å². The molecule has 0 atom stereocenters. The Balaban J connectivity index is 1.48. The summed E-state index contributed by atoms with van der Waals surface area (Å²) in [5, 5.41) is 4.19. The summed E-state index contributed by atoms with van der Waals surface area (Å²) in [7, 11) is 0. The molecule has 0 amide bonds. The first-order valence-corrected chi connectivity index (χ1v) is 9.26. The van der Waals surface area contributed by atoms with Gasteiger partial charge in [-0.3, -0.25) is 0 Å². The Hall–Kier alpha value is -2.59. The van der Waals surface area contributed by atoms with E-state index in [2.05, 4.69) is 50.5 Å². The van der Waals surface area contributed by atoms with Gasteiger partial charge in [0.15, 0.2) is 0 Å². The average Bonchev–Trinajstić information content (AvgIpc) is 3.05. The summed E-state index contributed by atoms with van der Waals surface area (Å²) in [6.45, 7) is 3.69. The summed E-state index contributed by atoms with van der Waals surface area (Å²) in [5.74, 6) is 2.59. The quantitative estimate of drug-likeness (QED) is 0.706. The van der Waals surface area contributed by atoms with Crippen molar-refractivity contribution in [3.05, 3.63) is 76.6 Å². The lowest BCUT2D eigenvalue weighted by Gasteiger charge is -2.19. The Kier molecular flexibility index (Phi) is 4.76. The molecule has 5 heteroatoms. The number of nitrogens with zero attached hydrogens (tertiary/aromatic N) is 3. The molecule has 0 spiro atoms. The molecule has 132 valence electrons. The monoisotopic (exact) mass is 364 g/mol. The van der Waals surface area contributed by atoms with E-state index in [1.165, 1.54) is 16.8 Å². The molecule has 0 fully saturated rings. The van der Waals surface area contributed by atoms with Gasteiger partial charge >= 0.3 is 0 Å². The van der Waals surface area contributed by atoms with E-state index in [1.54, 1.807) is 0 Å². The number of anilines is 3. The molecule has 0 saturated carbocycles. The van der Waals surface area contributed by atoms with E-state index in [9.17, 15) is 0 Å². The van der Waals surface area contributed by atoms with Crippen LogP contribution in [0.15, 0.2) is 54.6 Å². The van der Waals surface area contributed by atoms with E-state index in [1.807, 2.05) is 31.2 Å². The summed E-state index contributed by atoms with van der Waals surface area (Å²) in [6, 6.07) is 18.5. The Morgan fingerprint density at radius 3 is 2.85 bits per heavy atom. The third-order valence-corrected chi connectivity index (χ3v) is 4.83. The molecule has 2 aromatic carbocycles. The number of hydrogen-bond acceptors (Lipinski definition) is 4. The molecule has 26 heavy (non-hydrogen) atoms. The van der Waals surface area contributed by atoms with Crippen molar-refractivity contribution in [2.24, 2.45) is 0 Å². The third-order valence-electron chi connectivity index (χ3n) is 4.60. The minimum Gasteiger partial charge on any atom is -0.370 e. The minimum absolute atomic E-state index is 0.773. The molecular weight excluding hydrogens is 344 g/mol. The first-order chi connectivity index (χ1) is 12.7. The van der Waals surface area contributed by atoms with Crippen LogP contribution in [0, 0.1) is 6.92 Å². The molecule has 0 saturated heterocycles. The number of para-hydroxylation sites is 1. The fourth-order valence-electron chi connectivity index (χ4n) is 3.38. The van der Waals surface area contributed by atoms with E-state index in [0.717, 1.165) is 48.4 Å². The molecule has 3 aromatic rings. The molecule has 4 nitrogen and oxygen atoms in total. The second-order valence-corrected chi connectivity index (χ2v) is 6.93. The third kappa shape index (κ3) is 3.65. The lowest BCUT2D eigenvalue weighted by molar-refractivity contribution is 0.935. The second kappa shape index (κ2) is 7.34. The van der Waals surface area contributed by atoms with Gasteiger partial charge in [-0.2, -0.15) is 0 Å². The summed E-state index contributed by atoms with van der Waals surface area (Å²) in [4.78, 5) is 11.5. The van der Waals surface area contributed by atoms with Crippen LogP contribution in [0.3, 0.4) is 0 Å². The number of rotatable bonds is 5. The maximum absolute atomic E-state index is 6.05. The molecule has 1 aromatic heterocycles. The van der Waals surface area contributed by atoms with Crippen molar-refractivity contribution in [3.63, 3.8) is 0 Å². The molecule has 1 aliphatic heterocycles. The lowest BCUT2D eigenvalue weighted by Crippen LogP contribution is -2.16. The number of fused-ring (bicyclic) bond motifs is 1. The molecule has 0 unspecified atom stereocenters. The Morgan fingerprint density at radius 1 is 1.08 bits per heavy atom. The maximum atomic E-state index is 6.05. The van der Waals surface area contributed by atoms with Gasteiger partial charge in [-0.15, -0.1) is 0 Å². The summed E-state index contributed by atoms with van der Waals surface area (Å²) in [6.07, 6.45) is 1.95. The summed E-state index contributed by atoms with van der Waals surface area (Å²) < 4.78 is 0. The molecule has 0 bridgehead atoms. The van der Waals surface area contributed by atoms with Crippen molar-refractivity contribution in [2.45, 2.75) is 19.8 Å². The van der Waals surface area contributed by atoms with Gasteiger partial charge in [-0.05, 0) is 49.1 Å². The number of aryl methyl sites for hydroxylation is 1. The SMILES string of the molecule is Cc1nc(NCCc2cccc(Cl)c2)cc(N2CCc3ccccc32)n1. The lowest BCUT2D eigenvalue weighted by atomic mass is 10.1. The van der Waals surface area contributed by atoms with Gasteiger partial charge in [-0.1, -0.05) is 41.9 Å². The number of halogens is 1. The fourth-order valence-corrected chi connectivity index (χ4v) is 3.60. The van der Waals surface area contributed by atoms with Crippen molar-refractivity contribution in [1.29, 1.82) is 0 Å². The predicted molar refractivity (Wildman–Crippen MR) is 108 cm³/mol. The van der Waals surface area contributed by atoms with Crippen LogP contribution in [0.25, 0.3) is 0 Å². The highest BCUT2D eigenvalue weighted by atomic mass is 35.5. The molecule has 0 radical (unpaired) electrons. The minimum atomic E-state index is 0.773. The normalized spacial score (nSPS) is 12.9. The van der Waals surface area contributed by atoms with Crippen LogP contribution >= 0.6 is 11.6 Å². The van der Waals surface area contributed by atoms with Gasteiger partial charge < -0.3 is 10.2 Å². The number of hydrogen-bond donors (Lipinski definition) is 1. The van der Waals surface area contributed by atoms with Crippen molar-refractivity contribution < 1.29 is 0 Å². The first-order valence-electron chi connectivity index (χ1n) is 8.88. The van der Waals surface area contributed by atoms with Gasteiger partial charge in [0.1, 0.15) is 17.5 Å². The number of benzene rings is 2. The van der Waals surface area contributed by atoms with Crippen LogP contribution in [-0.4, -0.2) is 23.1 Å². The maximum Gasteiger partial charge on any atom is 0.138 e. The first kappa shape index (κ1) is 16.9. The molecule has 0 aliphatic carbocycles. The van der Waals surface area contributed by atoms with Crippen LogP contribution < -0.4 is 10.2 Å². The van der Waals surface area contributed by atoms with E-state index >= 15 is 0 Å². The highest BCUT2D eigenvalue weighted by Gasteiger charge is 2.21. The average molecular weight is 365 g/mol. The zero-order chi connectivity index (χ0) is 17.9. The largest absolute Gasteiger partial charge is 0.370 e. The molecule has 4 rings (SSSR count). The standard InChI is InChI=1S/C21H21ClN4/c1-15-24-20(23-11-9-16-5-4-7-18(22)13-16)14-21(25-15)26-12-10-17-6-2-3-8-19(17)26/h2-8,13-14H,9-12H2,1H3,(H,23,24,25). The second-order valence-electron chi connectivity index (χ2n) is 6.50. The van der Waals surface area contributed by atoms with Crippen molar-refractivity contribution in [3.8, 4) is 0 Å². The Morgan fingerprint density at radius 2 is 1.96 bits per heavy atom. The summed E-state index contributed by atoms with van der Waals surface area (Å²) in [5.41, 5.74) is 3.83. The van der Waals surface area contributed by atoms with E-state index < -0.39 is 0 Å². The predicted octanol–water partition coefficient (Wildman–Crippen LogP) is 4.79. The van der Waals surface area contributed by atoms with E-state index in [0.29, 0.717) is 0 Å². The van der Waals surface area contributed by atoms with Crippen molar-refractivity contribution in [1.82, 2.24) is 9.97 Å². The van der Waals surface area contributed by atoms with Crippen LogP contribution in [0.4, 0.5) is 17.3 Å². The van der Waals surface area contributed by atoms with E-state index in [-0.39, 0.29) is 0 Å². The Labute approximate surface area is 158 Å². The zero-order valence-corrected chi connectivity index (χ0v) is 15.5. The zero-order valence-electron chi connectivity index (χ0n) is 14.7. The van der Waals surface area contributed by atoms with Crippen LogP contribution in [0.2, 0.25) is 5.02 Å². The smallest absolute Gasteiger partial charge is 0.138 e. The molecule has 1 N–H and O–H groups in total. The molecule has 2 heterocycles. The topological polar surface area (TPSA) is 41.1 Å².